The van der Waals surface area contributed by atoms with Gasteiger partial charge in [-0.1, -0.05) is 12.5 Å². The summed E-state index contributed by atoms with van der Waals surface area (Å²) in [5.74, 6) is -2.92. The first kappa shape index (κ1) is 19.4. The van der Waals surface area contributed by atoms with E-state index in [4.69, 9.17) is 9.47 Å². The summed E-state index contributed by atoms with van der Waals surface area (Å²) < 4.78 is 37.0. The van der Waals surface area contributed by atoms with Gasteiger partial charge in [-0.3, -0.25) is 0 Å². The highest BCUT2D eigenvalue weighted by Gasteiger charge is 2.39. The molecule has 0 aromatic heterocycles. The van der Waals surface area contributed by atoms with Crippen LogP contribution in [0, 0.1) is 0 Å². The van der Waals surface area contributed by atoms with E-state index in [9.17, 15) is 18.0 Å². The lowest BCUT2D eigenvalue weighted by Crippen LogP contribution is -2.42. The molecule has 1 aromatic carbocycles. The van der Waals surface area contributed by atoms with Gasteiger partial charge in [0.25, 0.3) is 5.79 Å². The monoisotopic (exact) mass is 394 g/mol. The zero-order valence-corrected chi connectivity index (χ0v) is 16.0. The zero-order valence-electron chi connectivity index (χ0n) is 15.2. The number of nitrogens with zero attached hydrogens (tertiary/aromatic N) is 1. The fourth-order valence-electron chi connectivity index (χ4n) is 2.93. The van der Waals surface area contributed by atoms with Crippen molar-refractivity contribution in [1.29, 1.82) is 0 Å². The maximum absolute atomic E-state index is 12.8. The molecule has 0 amide bonds. The number of benzene rings is 1. The molecule has 0 radical (unpaired) electrons. The molecule has 9 heteroatoms. The first-order valence-electron chi connectivity index (χ1n) is 8.73. The van der Waals surface area contributed by atoms with E-state index in [0.29, 0.717) is 18.8 Å². The van der Waals surface area contributed by atoms with Gasteiger partial charge in [0.05, 0.1) is 4.90 Å². The molecule has 0 bridgehead atoms. The molecule has 2 fully saturated rings. The van der Waals surface area contributed by atoms with Gasteiger partial charge in [0, 0.05) is 38.8 Å². The third kappa shape index (κ3) is 4.30. The van der Waals surface area contributed by atoms with Crippen LogP contribution in [0.4, 0.5) is 5.69 Å². The Labute approximate surface area is 158 Å². The van der Waals surface area contributed by atoms with Gasteiger partial charge in [0.2, 0.25) is 10.0 Å². The number of carbonyl (C=O) groups is 2. The van der Waals surface area contributed by atoms with E-state index in [-0.39, 0.29) is 10.5 Å². The van der Waals surface area contributed by atoms with Crippen molar-refractivity contribution in [3.05, 3.63) is 36.0 Å². The highest BCUT2D eigenvalue weighted by Crippen LogP contribution is 2.25. The van der Waals surface area contributed by atoms with Gasteiger partial charge < -0.3 is 14.8 Å². The number of nitrogens with one attached hydrogen (secondary N) is 1. The first-order chi connectivity index (χ1) is 12.7. The Morgan fingerprint density at radius 1 is 1.07 bits per heavy atom. The largest absolute Gasteiger partial charge is 0.419 e. The van der Waals surface area contributed by atoms with Gasteiger partial charge in [0.15, 0.2) is 5.57 Å². The van der Waals surface area contributed by atoms with Crippen LogP contribution in [0.1, 0.15) is 33.1 Å². The van der Waals surface area contributed by atoms with Crippen LogP contribution in [-0.4, -0.2) is 43.5 Å². The quantitative estimate of drug-likeness (QED) is 0.473. The van der Waals surface area contributed by atoms with Crippen LogP contribution < -0.4 is 5.32 Å². The van der Waals surface area contributed by atoms with Gasteiger partial charge in [-0.25, -0.2) is 18.0 Å². The molecule has 0 unspecified atom stereocenters. The topological polar surface area (TPSA) is 102 Å². The smallest absolute Gasteiger partial charge is 0.350 e. The number of hydrogen-bond donors (Lipinski definition) is 1. The Morgan fingerprint density at radius 2 is 1.70 bits per heavy atom. The molecule has 2 aliphatic heterocycles. The molecule has 0 atom stereocenters. The first-order valence-corrected chi connectivity index (χ1v) is 10.2. The molecular formula is C18H22N2O6S. The molecule has 1 N–H and O–H groups in total. The molecule has 2 aliphatic rings. The van der Waals surface area contributed by atoms with Crippen molar-refractivity contribution in [3.63, 3.8) is 0 Å². The van der Waals surface area contributed by atoms with E-state index >= 15 is 0 Å². The normalized spacial score (nSPS) is 20.6. The van der Waals surface area contributed by atoms with Gasteiger partial charge in [-0.2, -0.15) is 4.31 Å². The predicted octanol–water partition coefficient (Wildman–Crippen LogP) is 1.99. The molecule has 0 saturated carbocycles. The lowest BCUT2D eigenvalue weighted by Gasteiger charge is -2.29. The summed E-state index contributed by atoms with van der Waals surface area (Å²) in [6, 6.07) is 6.21. The molecule has 2 heterocycles. The van der Waals surface area contributed by atoms with Gasteiger partial charge >= 0.3 is 11.9 Å². The van der Waals surface area contributed by atoms with Crippen LogP contribution in [0.2, 0.25) is 0 Å². The highest BCUT2D eigenvalue weighted by molar-refractivity contribution is 7.89. The van der Waals surface area contributed by atoms with E-state index in [1.165, 1.54) is 30.3 Å². The van der Waals surface area contributed by atoms with E-state index < -0.39 is 27.7 Å². The summed E-state index contributed by atoms with van der Waals surface area (Å²) in [6.45, 7) is 3.94. The number of esters is 2. The van der Waals surface area contributed by atoms with Gasteiger partial charge in [-0.05, 0) is 31.0 Å². The highest BCUT2D eigenvalue weighted by atomic mass is 32.2. The Bertz CT molecular complexity index is 863. The minimum Gasteiger partial charge on any atom is -0.419 e. The SMILES string of the molecule is CC1(C)OC(=O)C(=CNc2cccc(S(=O)(=O)N3CCCCC3)c2)C(=O)O1. The van der Waals surface area contributed by atoms with E-state index in [0.717, 1.165) is 25.5 Å². The standard InChI is InChI=1S/C18H22N2O6S/c1-18(2)25-16(21)15(17(22)26-18)12-19-13-7-6-8-14(11-13)27(23,24)20-9-4-3-5-10-20/h6-8,11-12,19H,3-5,9-10H2,1-2H3. The number of anilines is 1. The van der Waals surface area contributed by atoms with Crippen LogP contribution in [0.15, 0.2) is 40.9 Å². The minimum atomic E-state index is -3.58. The number of carbonyl (C=O) groups excluding carboxylic acids is 2. The number of rotatable bonds is 4. The Morgan fingerprint density at radius 3 is 2.33 bits per heavy atom. The predicted molar refractivity (Wildman–Crippen MR) is 97.0 cm³/mol. The molecule has 1 aromatic rings. The second-order valence-corrected chi connectivity index (χ2v) is 8.81. The van der Waals surface area contributed by atoms with Crippen LogP contribution in [0.25, 0.3) is 0 Å². The molecule has 2 saturated heterocycles. The molecule has 0 aliphatic carbocycles. The zero-order chi connectivity index (χ0) is 19.7. The van der Waals surface area contributed by atoms with Gasteiger partial charge in [-0.15, -0.1) is 0 Å². The van der Waals surface area contributed by atoms with E-state index in [2.05, 4.69) is 5.32 Å². The summed E-state index contributed by atoms with van der Waals surface area (Å²) in [4.78, 5) is 24.0. The molecule has 3 rings (SSSR count). The molecule has 8 nitrogen and oxygen atoms in total. The van der Waals surface area contributed by atoms with Crippen LogP contribution in [0.5, 0.6) is 0 Å². The van der Waals surface area contributed by atoms with Crippen molar-refractivity contribution >= 4 is 27.6 Å². The fraction of sp³-hybridized carbons (Fsp3) is 0.444. The number of cyclic esters (lactones) is 2. The average Bonchev–Trinajstić information content (AvgIpc) is 2.61. The number of ether oxygens (including phenoxy) is 2. The van der Waals surface area contributed by atoms with E-state index in [1.54, 1.807) is 12.1 Å². The molecule has 146 valence electrons. The third-order valence-electron chi connectivity index (χ3n) is 4.29. The van der Waals surface area contributed by atoms with Crippen molar-refractivity contribution in [1.82, 2.24) is 4.31 Å². The number of piperidine rings is 1. The third-order valence-corrected chi connectivity index (χ3v) is 6.18. The second kappa shape index (κ2) is 7.32. The second-order valence-electron chi connectivity index (χ2n) is 6.87. The van der Waals surface area contributed by atoms with Gasteiger partial charge in [0.1, 0.15) is 0 Å². The van der Waals surface area contributed by atoms with Crippen LogP contribution in [-0.2, 0) is 29.1 Å². The van der Waals surface area contributed by atoms with E-state index in [1.807, 2.05) is 0 Å². The van der Waals surface area contributed by atoms with Crippen molar-refractivity contribution in [2.75, 3.05) is 18.4 Å². The van der Waals surface area contributed by atoms with Crippen LogP contribution in [0.3, 0.4) is 0 Å². The number of hydrogen-bond acceptors (Lipinski definition) is 7. The molecular weight excluding hydrogens is 372 g/mol. The summed E-state index contributed by atoms with van der Waals surface area (Å²) in [5.41, 5.74) is 0.129. The van der Waals surface area contributed by atoms with Crippen molar-refractivity contribution in [2.24, 2.45) is 0 Å². The summed E-state index contributed by atoms with van der Waals surface area (Å²) in [6.07, 6.45) is 3.89. The lowest BCUT2D eigenvalue weighted by atomic mass is 10.2. The Kier molecular flexibility index (Phi) is 5.25. The Balaban J connectivity index is 1.78. The van der Waals surface area contributed by atoms with Crippen molar-refractivity contribution in [3.8, 4) is 0 Å². The molecule has 27 heavy (non-hydrogen) atoms. The average molecular weight is 394 g/mol. The Hall–Kier alpha value is -2.39. The maximum Gasteiger partial charge on any atom is 0.350 e. The molecule has 0 spiro atoms. The lowest BCUT2D eigenvalue weighted by molar-refractivity contribution is -0.222. The van der Waals surface area contributed by atoms with Crippen molar-refractivity contribution < 1.29 is 27.5 Å². The maximum atomic E-state index is 12.8. The summed E-state index contributed by atoms with van der Waals surface area (Å²) >= 11 is 0. The minimum absolute atomic E-state index is 0.155. The summed E-state index contributed by atoms with van der Waals surface area (Å²) in [5, 5.41) is 2.77. The number of sulfonamides is 1. The van der Waals surface area contributed by atoms with Crippen molar-refractivity contribution in [2.45, 2.75) is 43.8 Å². The fourth-order valence-corrected chi connectivity index (χ4v) is 4.50. The van der Waals surface area contributed by atoms with Crippen LogP contribution >= 0.6 is 0 Å². The summed E-state index contributed by atoms with van der Waals surface area (Å²) in [7, 11) is -3.58.